The molecule has 11 heteroatoms. The fourth-order valence-corrected chi connectivity index (χ4v) is 4.71. The number of aliphatic hydroxyl groups is 1. The molecule has 1 aliphatic rings. The SMILES string of the molecule is COP(=O)(OC)OC(COc1ccc(CC2SC(=O)NC2=O)cc1)c1cccc(CO)c1. The van der Waals surface area contributed by atoms with Gasteiger partial charge in [-0.25, -0.2) is 4.57 Å². The number of phosphoric ester groups is 1. The molecule has 0 spiro atoms. The molecule has 32 heavy (non-hydrogen) atoms. The van der Waals surface area contributed by atoms with Crippen molar-refractivity contribution in [3.8, 4) is 5.75 Å². The van der Waals surface area contributed by atoms with Gasteiger partial charge in [0.05, 0.1) is 11.9 Å². The molecule has 1 fully saturated rings. The number of rotatable bonds is 11. The summed E-state index contributed by atoms with van der Waals surface area (Å²) in [5.74, 6) is 0.246. The zero-order valence-corrected chi connectivity index (χ0v) is 19.3. The molecule has 1 aliphatic heterocycles. The normalized spacial score (nSPS) is 17.3. The van der Waals surface area contributed by atoms with Crippen LogP contribution in [0, 0.1) is 0 Å². The van der Waals surface area contributed by atoms with Crippen molar-refractivity contribution in [1.29, 1.82) is 0 Å². The smallest absolute Gasteiger partial charge is 0.474 e. The zero-order valence-electron chi connectivity index (χ0n) is 17.6. The minimum Gasteiger partial charge on any atom is -0.491 e. The van der Waals surface area contributed by atoms with Crippen LogP contribution in [0.3, 0.4) is 0 Å². The first-order valence-corrected chi connectivity index (χ1v) is 12.0. The molecule has 0 radical (unpaired) electrons. The summed E-state index contributed by atoms with van der Waals surface area (Å²) < 4.78 is 33.7. The number of hydrogen-bond acceptors (Lipinski definition) is 9. The lowest BCUT2D eigenvalue weighted by atomic mass is 10.1. The van der Waals surface area contributed by atoms with Crippen LogP contribution in [0.25, 0.3) is 0 Å². The number of thioether (sulfide) groups is 1. The Morgan fingerprint density at radius 1 is 1.09 bits per heavy atom. The van der Waals surface area contributed by atoms with E-state index in [0.717, 1.165) is 17.3 Å². The highest BCUT2D eigenvalue weighted by Crippen LogP contribution is 2.51. The van der Waals surface area contributed by atoms with Gasteiger partial charge in [-0.3, -0.25) is 28.5 Å². The van der Waals surface area contributed by atoms with E-state index in [4.69, 9.17) is 18.3 Å². The third kappa shape index (κ3) is 6.41. The molecule has 2 aromatic rings. The predicted molar refractivity (Wildman–Crippen MR) is 118 cm³/mol. The van der Waals surface area contributed by atoms with Crippen molar-refractivity contribution in [1.82, 2.24) is 5.32 Å². The van der Waals surface area contributed by atoms with Crippen molar-refractivity contribution in [2.24, 2.45) is 0 Å². The first-order valence-electron chi connectivity index (χ1n) is 9.68. The van der Waals surface area contributed by atoms with Gasteiger partial charge in [0.1, 0.15) is 18.5 Å². The predicted octanol–water partition coefficient (Wildman–Crippen LogP) is 3.61. The van der Waals surface area contributed by atoms with E-state index in [1.54, 1.807) is 36.4 Å². The van der Waals surface area contributed by atoms with Crippen molar-refractivity contribution in [2.45, 2.75) is 24.4 Å². The molecule has 0 aliphatic carbocycles. The Bertz CT molecular complexity index is 992. The van der Waals surface area contributed by atoms with Gasteiger partial charge >= 0.3 is 7.82 Å². The van der Waals surface area contributed by atoms with Gasteiger partial charge in [0.25, 0.3) is 5.24 Å². The van der Waals surface area contributed by atoms with E-state index < -0.39 is 19.2 Å². The molecule has 2 N–H and O–H groups in total. The molecule has 3 rings (SSSR count). The molecule has 2 amide bonds. The Morgan fingerprint density at radius 3 is 2.41 bits per heavy atom. The molecule has 2 aromatic carbocycles. The lowest BCUT2D eigenvalue weighted by molar-refractivity contribution is -0.118. The van der Waals surface area contributed by atoms with E-state index in [0.29, 0.717) is 23.3 Å². The number of aliphatic hydroxyl groups excluding tert-OH is 1. The van der Waals surface area contributed by atoms with E-state index >= 15 is 0 Å². The van der Waals surface area contributed by atoms with Crippen LogP contribution in [-0.2, 0) is 36.0 Å². The summed E-state index contributed by atoms with van der Waals surface area (Å²) in [4.78, 5) is 23.0. The minimum atomic E-state index is -3.79. The van der Waals surface area contributed by atoms with Gasteiger partial charge in [0.2, 0.25) is 5.91 Å². The molecule has 2 unspecified atom stereocenters. The Hall–Kier alpha value is -2.20. The molecule has 2 atom stereocenters. The van der Waals surface area contributed by atoms with E-state index in [1.165, 1.54) is 14.2 Å². The number of phosphoric acid groups is 1. The summed E-state index contributed by atoms with van der Waals surface area (Å²) in [5.41, 5.74) is 2.18. The molecular weight excluding hydrogens is 457 g/mol. The maximum Gasteiger partial charge on any atom is 0.474 e. The summed E-state index contributed by atoms with van der Waals surface area (Å²) in [5, 5.41) is 10.9. The number of ether oxygens (including phenoxy) is 1. The lowest BCUT2D eigenvalue weighted by Gasteiger charge is -2.23. The van der Waals surface area contributed by atoms with Crippen molar-refractivity contribution in [3.05, 3.63) is 65.2 Å². The number of benzene rings is 2. The summed E-state index contributed by atoms with van der Waals surface area (Å²) in [6.45, 7) is -0.154. The number of carbonyl (C=O) groups is 2. The van der Waals surface area contributed by atoms with Crippen molar-refractivity contribution in [2.75, 3.05) is 20.8 Å². The minimum absolute atomic E-state index is 0.000321. The number of carbonyl (C=O) groups excluding carboxylic acids is 2. The van der Waals surface area contributed by atoms with Gasteiger partial charge in [0.15, 0.2) is 0 Å². The summed E-state index contributed by atoms with van der Waals surface area (Å²) in [6, 6.07) is 14.1. The standard InChI is InChI=1S/C21H24NO8PS/c1-27-31(26,28-2)30-18(16-5-3-4-15(10-16)12-23)13-29-17-8-6-14(7-9-17)11-19-20(24)22-21(25)32-19/h3-10,18-19,23H,11-13H2,1-2H3,(H,22,24,25). The fourth-order valence-electron chi connectivity index (χ4n) is 3.03. The van der Waals surface area contributed by atoms with E-state index in [1.807, 2.05) is 12.1 Å². The third-order valence-electron chi connectivity index (χ3n) is 4.72. The van der Waals surface area contributed by atoms with Gasteiger partial charge in [-0.15, -0.1) is 0 Å². The third-order valence-corrected chi connectivity index (χ3v) is 7.11. The van der Waals surface area contributed by atoms with Crippen LogP contribution in [0.2, 0.25) is 0 Å². The summed E-state index contributed by atoms with van der Waals surface area (Å²) in [7, 11) is -1.35. The number of amides is 2. The highest BCUT2D eigenvalue weighted by molar-refractivity contribution is 8.15. The Balaban J connectivity index is 1.69. The number of imide groups is 1. The topological polar surface area (TPSA) is 120 Å². The van der Waals surface area contributed by atoms with Crippen molar-refractivity contribution >= 4 is 30.7 Å². The maximum absolute atomic E-state index is 12.5. The van der Waals surface area contributed by atoms with Crippen molar-refractivity contribution < 1.29 is 37.6 Å². The van der Waals surface area contributed by atoms with Gasteiger partial charge in [-0.1, -0.05) is 48.2 Å². The molecule has 1 saturated heterocycles. The van der Waals surface area contributed by atoms with Gasteiger partial charge < -0.3 is 9.84 Å². The Morgan fingerprint density at radius 2 is 1.81 bits per heavy atom. The van der Waals surface area contributed by atoms with Crippen LogP contribution in [-0.4, -0.2) is 42.3 Å². The maximum atomic E-state index is 12.5. The molecule has 172 valence electrons. The highest BCUT2D eigenvalue weighted by atomic mass is 32.2. The van der Waals surface area contributed by atoms with Crippen LogP contribution in [0.1, 0.15) is 22.8 Å². The van der Waals surface area contributed by atoms with Crippen LogP contribution < -0.4 is 10.1 Å². The summed E-state index contributed by atoms with van der Waals surface area (Å²) in [6.07, 6.45) is -0.371. The largest absolute Gasteiger partial charge is 0.491 e. The lowest BCUT2D eigenvalue weighted by Crippen LogP contribution is -2.25. The second kappa shape index (κ2) is 11.1. The fraction of sp³-hybridized carbons (Fsp3) is 0.333. The molecule has 9 nitrogen and oxygen atoms in total. The molecule has 0 bridgehead atoms. The quantitative estimate of drug-likeness (QED) is 0.464. The first-order chi connectivity index (χ1) is 15.4. The number of nitrogens with one attached hydrogen (secondary N) is 1. The highest BCUT2D eigenvalue weighted by Gasteiger charge is 2.32. The van der Waals surface area contributed by atoms with E-state index in [-0.39, 0.29) is 24.4 Å². The Kier molecular flexibility index (Phi) is 8.47. The van der Waals surface area contributed by atoms with Crippen LogP contribution in [0.5, 0.6) is 5.75 Å². The molecule has 0 saturated carbocycles. The Labute approximate surface area is 190 Å². The van der Waals surface area contributed by atoms with Crippen LogP contribution in [0.4, 0.5) is 4.79 Å². The van der Waals surface area contributed by atoms with Crippen molar-refractivity contribution in [3.63, 3.8) is 0 Å². The van der Waals surface area contributed by atoms with Crippen LogP contribution in [0.15, 0.2) is 48.5 Å². The van der Waals surface area contributed by atoms with Gasteiger partial charge in [-0.05, 0) is 35.2 Å². The monoisotopic (exact) mass is 481 g/mol. The number of hydrogen-bond donors (Lipinski definition) is 2. The summed E-state index contributed by atoms with van der Waals surface area (Å²) >= 11 is 0.982. The van der Waals surface area contributed by atoms with E-state index in [2.05, 4.69) is 5.32 Å². The molecular formula is C21H24NO8PS. The zero-order chi connectivity index (χ0) is 23.1. The average Bonchev–Trinajstić information content (AvgIpc) is 3.13. The van der Waals surface area contributed by atoms with Gasteiger partial charge in [0, 0.05) is 14.2 Å². The molecule has 1 heterocycles. The van der Waals surface area contributed by atoms with Gasteiger partial charge in [-0.2, -0.15) is 0 Å². The molecule has 0 aromatic heterocycles. The second-order valence-corrected chi connectivity index (χ2v) is 9.86. The first kappa shape index (κ1) is 24.4. The second-order valence-electron chi connectivity index (χ2n) is 6.85. The van der Waals surface area contributed by atoms with Crippen LogP contribution >= 0.6 is 19.6 Å². The van der Waals surface area contributed by atoms with E-state index in [9.17, 15) is 19.3 Å². The average molecular weight is 481 g/mol.